The van der Waals surface area contributed by atoms with E-state index in [0.717, 1.165) is 5.75 Å². The van der Waals surface area contributed by atoms with Gasteiger partial charge in [-0.3, -0.25) is 0 Å². The summed E-state index contributed by atoms with van der Waals surface area (Å²) in [6, 6.07) is 16.6. The van der Waals surface area contributed by atoms with E-state index in [1.807, 2.05) is 12.1 Å². The van der Waals surface area contributed by atoms with Gasteiger partial charge in [-0.1, -0.05) is 48.6 Å². The summed E-state index contributed by atoms with van der Waals surface area (Å²) in [5.41, 5.74) is 7.59. The molecule has 0 unspecified atom stereocenters. The largest absolute Gasteiger partial charge is 0.497 e. The predicted molar refractivity (Wildman–Crippen MR) is 94.2 cm³/mol. The molecule has 0 atom stereocenters. The number of rotatable bonds is 2. The van der Waals surface area contributed by atoms with Crippen molar-refractivity contribution in [1.82, 2.24) is 0 Å². The molecular formula is C21H18O2. The van der Waals surface area contributed by atoms with Crippen molar-refractivity contribution < 1.29 is 9.47 Å². The Morgan fingerprint density at radius 3 is 2.61 bits per heavy atom. The monoisotopic (exact) mass is 302 g/mol. The molecule has 2 aliphatic rings. The van der Waals surface area contributed by atoms with Crippen LogP contribution in [0, 0.1) is 0 Å². The summed E-state index contributed by atoms with van der Waals surface area (Å²) >= 11 is 0. The molecule has 0 amide bonds. The molecule has 2 aromatic rings. The fourth-order valence-electron chi connectivity index (χ4n) is 3.14. The van der Waals surface area contributed by atoms with Crippen LogP contribution < -0.4 is 4.74 Å². The normalized spacial score (nSPS) is 21.0. The third-order valence-corrected chi connectivity index (χ3v) is 4.35. The molecule has 1 fully saturated rings. The zero-order valence-corrected chi connectivity index (χ0v) is 13.1. The van der Waals surface area contributed by atoms with Gasteiger partial charge in [0.25, 0.3) is 0 Å². The summed E-state index contributed by atoms with van der Waals surface area (Å²) in [6.45, 7) is 1.34. The number of hydrogen-bond acceptors (Lipinski definition) is 2. The Labute approximate surface area is 136 Å². The van der Waals surface area contributed by atoms with E-state index in [1.165, 1.54) is 33.4 Å². The molecule has 0 radical (unpaired) electrons. The van der Waals surface area contributed by atoms with Crippen molar-refractivity contribution in [1.29, 1.82) is 0 Å². The molecule has 0 bridgehead atoms. The molecule has 1 heterocycles. The van der Waals surface area contributed by atoms with Crippen LogP contribution in [-0.2, 0) is 4.74 Å². The van der Waals surface area contributed by atoms with Crippen molar-refractivity contribution in [3.05, 3.63) is 82.4 Å². The van der Waals surface area contributed by atoms with E-state index in [4.69, 9.17) is 9.47 Å². The molecule has 0 saturated carbocycles. The van der Waals surface area contributed by atoms with Gasteiger partial charge in [-0.25, -0.2) is 0 Å². The van der Waals surface area contributed by atoms with Crippen LogP contribution in [0.3, 0.4) is 0 Å². The summed E-state index contributed by atoms with van der Waals surface area (Å²) in [5.74, 6) is 0.876. The first-order chi connectivity index (χ1) is 11.3. The van der Waals surface area contributed by atoms with E-state index < -0.39 is 0 Å². The Bertz CT molecular complexity index is 823. The Balaban J connectivity index is 1.73. The standard InChI is InChI=1S/C21H18O2/c1-22-18-9-6-15(7-10-18)12-17-13-23-14-21(17)20-11-8-16-4-2-3-5-19(16)20/h2-12H,13-14H2,1H3/b17-12+,21-20-. The van der Waals surface area contributed by atoms with Gasteiger partial charge in [0.2, 0.25) is 0 Å². The molecule has 1 saturated heterocycles. The highest BCUT2D eigenvalue weighted by Gasteiger charge is 2.21. The molecule has 114 valence electrons. The highest BCUT2D eigenvalue weighted by molar-refractivity contribution is 5.93. The molecule has 2 nitrogen and oxygen atoms in total. The number of allylic oxidation sites excluding steroid dienone is 2. The molecule has 2 heteroatoms. The van der Waals surface area contributed by atoms with E-state index in [9.17, 15) is 0 Å². The summed E-state index contributed by atoms with van der Waals surface area (Å²) in [6.07, 6.45) is 6.60. The highest BCUT2D eigenvalue weighted by atomic mass is 16.5. The minimum Gasteiger partial charge on any atom is -0.497 e. The Kier molecular flexibility index (Phi) is 3.60. The quantitative estimate of drug-likeness (QED) is 0.808. The van der Waals surface area contributed by atoms with Crippen LogP contribution in [0.15, 0.2) is 65.8 Å². The summed E-state index contributed by atoms with van der Waals surface area (Å²) in [5, 5.41) is 0. The number of fused-ring (bicyclic) bond motifs is 1. The zero-order valence-electron chi connectivity index (χ0n) is 13.1. The average molecular weight is 302 g/mol. The van der Waals surface area contributed by atoms with E-state index >= 15 is 0 Å². The van der Waals surface area contributed by atoms with Crippen LogP contribution >= 0.6 is 0 Å². The second-order valence-electron chi connectivity index (χ2n) is 5.75. The van der Waals surface area contributed by atoms with Gasteiger partial charge in [-0.15, -0.1) is 0 Å². The number of ether oxygens (including phenoxy) is 2. The second-order valence-corrected chi connectivity index (χ2v) is 5.75. The van der Waals surface area contributed by atoms with Crippen molar-refractivity contribution >= 4 is 17.7 Å². The average Bonchev–Trinajstić information content (AvgIpc) is 3.22. The Morgan fingerprint density at radius 1 is 0.957 bits per heavy atom. The van der Waals surface area contributed by atoms with Crippen LogP contribution in [0.25, 0.3) is 17.7 Å². The van der Waals surface area contributed by atoms with Gasteiger partial charge in [0, 0.05) is 0 Å². The molecular weight excluding hydrogens is 284 g/mol. The summed E-state index contributed by atoms with van der Waals surface area (Å²) in [4.78, 5) is 0. The molecule has 0 N–H and O–H groups in total. The van der Waals surface area contributed by atoms with Gasteiger partial charge >= 0.3 is 0 Å². The molecule has 0 aromatic heterocycles. The lowest BCUT2D eigenvalue weighted by Crippen LogP contribution is -1.92. The van der Waals surface area contributed by atoms with Crippen molar-refractivity contribution in [3.8, 4) is 5.75 Å². The van der Waals surface area contributed by atoms with Crippen LogP contribution in [0.1, 0.15) is 16.7 Å². The molecule has 2 aromatic carbocycles. The number of methoxy groups -OCH3 is 1. The smallest absolute Gasteiger partial charge is 0.118 e. The van der Waals surface area contributed by atoms with Crippen LogP contribution in [0.5, 0.6) is 5.75 Å². The minimum atomic E-state index is 0.668. The molecule has 4 rings (SSSR count). The topological polar surface area (TPSA) is 18.5 Å². The molecule has 23 heavy (non-hydrogen) atoms. The number of benzene rings is 2. The summed E-state index contributed by atoms with van der Waals surface area (Å²) in [7, 11) is 1.69. The Hall–Kier alpha value is -2.58. The van der Waals surface area contributed by atoms with Gasteiger partial charge in [-0.05, 0) is 51.6 Å². The maximum absolute atomic E-state index is 5.73. The first-order valence-electron chi connectivity index (χ1n) is 7.78. The molecule has 1 aliphatic heterocycles. The molecule has 1 aliphatic carbocycles. The van der Waals surface area contributed by atoms with Gasteiger partial charge < -0.3 is 9.47 Å². The lowest BCUT2D eigenvalue weighted by atomic mass is 9.96. The van der Waals surface area contributed by atoms with Crippen molar-refractivity contribution in [2.75, 3.05) is 20.3 Å². The fourth-order valence-corrected chi connectivity index (χ4v) is 3.14. The first kappa shape index (κ1) is 14.0. The lowest BCUT2D eigenvalue weighted by molar-refractivity contribution is 0.215. The van der Waals surface area contributed by atoms with Gasteiger partial charge in [0.15, 0.2) is 0 Å². The number of hydrogen-bond donors (Lipinski definition) is 0. The maximum atomic E-state index is 5.73. The predicted octanol–water partition coefficient (Wildman–Crippen LogP) is 4.59. The van der Waals surface area contributed by atoms with E-state index in [2.05, 4.69) is 54.6 Å². The minimum absolute atomic E-state index is 0.668. The third kappa shape index (κ3) is 2.62. The lowest BCUT2D eigenvalue weighted by Gasteiger charge is -2.07. The zero-order chi connectivity index (χ0) is 15.6. The SMILES string of the molecule is COc1ccc(/C=C2\COC\C2=C2/C=Cc3ccccc32)cc1. The second kappa shape index (κ2) is 5.90. The van der Waals surface area contributed by atoms with E-state index in [-0.39, 0.29) is 0 Å². The van der Waals surface area contributed by atoms with Crippen molar-refractivity contribution in [3.63, 3.8) is 0 Å². The molecule has 0 spiro atoms. The maximum Gasteiger partial charge on any atom is 0.118 e. The van der Waals surface area contributed by atoms with Crippen molar-refractivity contribution in [2.45, 2.75) is 0 Å². The van der Waals surface area contributed by atoms with Crippen molar-refractivity contribution in [2.24, 2.45) is 0 Å². The third-order valence-electron chi connectivity index (χ3n) is 4.35. The van der Waals surface area contributed by atoms with Crippen LogP contribution in [0.2, 0.25) is 0 Å². The van der Waals surface area contributed by atoms with Crippen LogP contribution in [0.4, 0.5) is 0 Å². The van der Waals surface area contributed by atoms with Gasteiger partial charge in [0.05, 0.1) is 20.3 Å². The highest BCUT2D eigenvalue weighted by Crippen LogP contribution is 2.36. The summed E-state index contributed by atoms with van der Waals surface area (Å²) < 4.78 is 10.9. The fraction of sp³-hybridized carbons (Fsp3) is 0.143. The first-order valence-corrected chi connectivity index (χ1v) is 7.78. The van der Waals surface area contributed by atoms with Crippen LogP contribution in [-0.4, -0.2) is 20.3 Å². The van der Waals surface area contributed by atoms with Gasteiger partial charge in [-0.2, -0.15) is 0 Å². The van der Waals surface area contributed by atoms with E-state index in [0.29, 0.717) is 13.2 Å². The van der Waals surface area contributed by atoms with Gasteiger partial charge in [0.1, 0.15) is 5.75 Å². The Morgan fingerprint density at radius 2 is 1.78 bits per heavy atom. The van der Waals surface area contributed by atoms with E-state index in [1.54, 1.807) is 7.11 Å².